The van der Waals surface area contributed by atoms with Gasteiger partial charge in [0.25, 0.3) is 11.6 Å². The summed E-state index contributed by atoms with van der Waals surface area (Å²) in [5.41, 5.74) is 2.14. The van der Waals surface area contributed by atoms with Crippen LogP contribution >= 0.6 is 11.3 Å². The lowest BCUT2D eigenvalue weighted by Gasteiger charge is -2.18. The highest BCUT2D eigenvalue weighted by molar-refractivity contribution is 7.22. The second-order valence-corrected chi connectivity index (χ2v) is 8.04. The Bertz CT molecular complexity index is 1320. The maximum atomic E-state index is 13.2. The molecular weight excluding hydrogens is 440 g/mol. The normalized spacial score (nSPS) is 11.1. The lowest BCUT2D eigenvalue weighted by Crippen LogP contribution is -2.28. The maximum Gasteiger partial charge on any atom is 0.270 e. The van der Waals surface area contributed by atoms with Crippen molar-refractivity contribution in [3.8, 4) is 5.75 Å². The Morgan fingerprint density at radius 3 is 2.85 bits per heavy atom. The number of pyridine rings is 1. The zero-order chi connectivity index (χ0) is 23.2. The first-order valence-electron chi connectivity index (χ1n) is 10.2. The largest absolute Gasteiger partial charge is 0.494 e. The third-order valence-electron chi connectivity index (χ3n) is 4.72. The fourth-order valence-electron chi connectivity index (χ4n) is 3.18. The Morgan fingerprint density at radius 1 is 1.21 bits per heavy atom. The fraction of sp³-hybridized carbons (Fsp3) is 0.125. The van der Waals surface area contributed by atoms with E-state index in [1.165, 1.54) is 29.5 Å². The van der Waals surface area contributed by atoms with E-state index in [1.807, 2.05) is 37.3 Å². The summed E-state index contributed by atoms with van der Waals surface area (Å²) in [6.45, 7) is 2.76. The highest BCUT2D eigenvalue weighted by Crippen LogP contribution is 2.32. The molecule has 0 bridgehead atoms. The third kappa shape index (κ3) is 5.39. The molecule has 8 nitrogen and oxygen atoms in total. The number of fused-ring (bicyclic) bond motifs is 1. The van der Waals surface area contributed by atoms with E-state index in [-0.39, 0.29) is 18.1 Å². The second-order valence-electron chi connectivity index (χ2n) is 7.03. The topological polar surface area (TPSA) is 98.5 Å². The monoisotopic (exact) mass is 460 g/mol. The molecule has 0 radical (unpaired) electrons. The van der Waals surface area contributed by atoms with Gasteiger partial charge in [0.2, 0.25) is 0 Å². The van der Waals surface area contributed by atoms with Gasteiger partial charge in [0, 0.05) is 30.6 Å². The van der Waals surface area contributed by atoms with Crippen LogP contribution in [0.2, 0.25) is 0 Å². The standard InChI is InChI=1S/C24H20N4O4S/c1-2-32-20-9-10-21-22(14-20)33-24(26-21)27(16-18-6-4-12-25-15-18)23(29)11-8-17-5-3-7-19(13-17)28(30)31/h3-15H,2,16H2,1H3/b11-8+. The predicted molar refractivity (Wildman–Crippen MR) is 128 cm³/mol. The van der Waals surface area contributed by atoms with Crippen molar-refractivity contribution in [2.75, 3.05) is 11.5 Å². The number of hydrogen-bond acceptors (Lipinski definition) is 7. The number of nitro benzene ring substituents is 1. The first kappa shape index (κ1) is 22.1. The van der Waals surface area contributed by atoms with E-state index in [4.69, 9.17) is 4.74 Å². The fourth-order valence-corrected chi connectivity index (χ4v) is 4.18. The number of ether oxygens (including phenoxy) is 1. The number of anilines is 1. The minimum Gasteiger partial charge on any atom is -0.494 e. The van der Waals surface area contributed by atoms with Crippen molar-refractivity contribution in [1.82, 2.24) is 9.97 Å². The molecule has 2 heterocycles. The SMILES string of the molecule is CCOc1ccc2nc(N(Cc3cccnc3)C(=O)/C=C/c3cccc([N+](=O)[O-])c3)sc2c1. The molecule has 2 aromatic carbocycles. The lowest BCUT2D eigenvalue weighted by atomic mass is 10.2. The van der Waals surface area contributed by atoms with Gasteiger partial charge < -0.3 is 4.74 Å². The van der Waals surface area contributed by atoms with E-state index >= 15 is 0 Å². The van der Waals surface area contributed by atoms with Crippen LogP contribution in [0.4, 0.5) is 10.8 Å². The summed E-state index contributed by atoms with van der Waals surface area (Å²) in [5, 5.41) is 11.6. The van der Waals surface area contributed by atoms with Crippen molar-refractivity contribution in [2.24, 2.45) is 0 Å². The van der Waals surface area contributed by atoms with Gasteiger partial charge in [-0.2, -0.15) is 0 Å². The average molecular weight is 461 g/mol. The molecule has 166 valence electrons. The molecule has 0 aliphatic heterocycles. The summed E-state index contributed by atoms with van der Waals surface area (Å²) >= 11 is 1.39. The molecule has 1 amide bonds. The summed E-state index contributed by atoms with van der Waals surface area (Å²) in [4.78, 5) is 34.1. The Labute approximate surface area is 193 Å². The smallest absolute Gasteiger partial charge is 0.270 e. The van der Waals surface area contributed by atoms with Gasteiger partial charge in [0.15, 0.2) is 5.13 Å². The van der Waals surface area contributed by atoms with Gasteiger partial charge in [-0.05, 0) is 48.4 Å². The molecule has 0 spiro atoms. The van der Waals surface area contributed by atoms with Crippen molar-refractivity contribution in [1.29, 1.82) is 0 Å². The van der Waals surface area contributed by atoms with Gasteiger partial charge in [0.1, 0.15) is 5.75 Å². The summed E-state index contributed by atoms with van der Waals surface area (Å²) < 4.78 is 6.48. The number of thiazole rings is 1. The van der Waals surface area contributed by atoms with Gasteiger partial charge >= 0.3 is 0 Å². The lowest BCUT2D eigenvalue weighted by molar-refractivity contribution is -0.384. The van der Waals surface area contributed by atoms with Crippen LogP contribution in [0.3, 0.4) is 0 Å². The number of nitro groups is 1. The molecule has 0 fully saturated rings. The maximum absolute atomic E-state index is 13.2. The second kappa shape index (κ2) is 10.0. The predicted octanol–water partition coefficient (Wildman–Crippen LogP) is 5.24. The number of benzene rings is 2. The van der Waals surface area contributed by atoms with Crippen LogP contribution in [0, 0.1) is 10.1 Å². The molecule has 0 aliphatic carbocycles. The molecular formula is C24H20N4O4S. The summed E-state index contributed by atoms with van der Waals surface area (Å²) in [6, 6.07) is 15.4. The Morgan fingerprint density at radius 2 is 2.09 bits per heavy atom. The van der Waals surface area contributed by atoms with Crippen LogP contribution in [0.25, 0.3) is 16.3 Å². The zero-order valence-corrected chi connectivity index (χ0v) is 18.6. The number of hydrogen-bond donors (Lipinski definition) is 0. The molecule has 9 heteroatoms. The first-order chi connectivity index (χ1) is 16.0. The minimum atomic E-state index is -0.467. The number of carbonyl (C=O) groups excluding carboxylic acids is 1. The van der Waals surface area contributed by atoms with E-state index in [9.17, 15) is 14.9 Å². The van der Waals surface area contributed by atoms with E-state index in [2.05, 4.69) is 9.97 Å². The number of amides is 1. The van der Waals surface area contributed by atoms with Gasteiger partial charge in [-0.25, -0.2) is 4.98 Å². The Hall–Kier alpha value is -4.11. The Kier molecular flexibility index (Phi) is 6.70. The molecule has 0 saturated heterocycles. The molecule has 33 heavy (non-hydrogen) atoms. The third-order valence-corrected chi connectivity index (χ3v) is 5.76. The van der Waals surface area contributed by atoms with Crippen molar-refractivity contribution < 1.29 is 14.5 Å². The van der Waals surface area contributed by atoms with Crippen LogP contribution in [0.5, 0.6) is 5.75 Å². The quantitative estimate of drug-likeness (QED) is 0.202. The first-order valence-corrected chi connectivity index (χ1v) is 11.0. The molecule has 0 unspecified atom stereocenters. The number of non-ortho nitro benzene ring substituents is 1. The van der Waals surface area contributed by atoms with Crippen LogP contribution in [0.15, 0.2) is 73.1 Å². The van der Waals surface area contributed by atoms with Gasteiger partial charge in [-0.15, -0.1) is 0 Å². The van der Waals surface area contributed by atoms with Crippen molar-refractivity contribution in [3.63, 3.8) is 0 Å². The number of carbonyl (C=O) groups is 1. The zero-order valence-electron chi connectivity index (χ0n) is 17.7. The van der Waals surface area contributed by atoms with E-state index in [1.54, 1.807) is 35.5 Å². The van der Waals surface area contributed by atoms with Crippen LogP contribution in [-0.2, 0) is 11.3 Å². The van der Waals surface area contributed by atoms with Crippen molar-refractivity contribution in [2.45, 2.75) is 13.5 Å². The minimum absolute atomic E-state index is 0.0342. The summed E-state index contributed by atoms with van der Waals surface area (Å²) in [7, 11) is 0. The molecule has 4 rings (SSSR count). The van der Waals surface area contributed by atoms with E-state index < -0.39 is 4.92 Å². The van der Waals surface area contributed by atoms with Gasteiger partial charge in [0.05, 0.1) is 28.3 Å². The van der Waals surface area contributed by atoms with E-state index in [0.717, 1.165) is 21.5 Å². The molecule has 0 N–H and O–H groups in total. The average Bonchev–Trinajstić information content (AvgIpc) is 3.25. The summed E-state index contributed by atoms with van der Waals surface area (Å²) in [5.74, 6) is 0.449. The molecule has 4 aromatic rings. The number of nitrogens with zero attached hydrogens (tertiary/aromatic N) is 4. The van der Waals surface area contributed by atoms with Crippen molar-refractivity contribution >= 4 is 44.4 Å². The van der Waals surface area contributed by atoms with Gasteiger partial charge in [-0.3, -0.25) is 24.8 Å². The van der Waals surface area contributed by atoms with Crippen molar-refractivity contribution in [3.05, 3.63) is 94.3 Å². The highest BCUT2D eigenvalue weighted by Gasteiger charge is 2.19. The molecule has 0 atom stereocenters. The van der Waals surface area contributed by atoms with E-state index in [0.29, 0.717) is 17.3 Å². The molecule has 0 saturated carbocycles. The number of aromatic nitrogens is 2. The van der Waals surface area contributed by atoms with Crippen LogP contribution < -0.4 is 9.64 Å². The van der Waals surface area contributed by atoms with Crippen LogP contribution in [0.1, 0.15) is 18.1 Å². The summed E-state index contributed by atoms with van der Waals surface area (Å²) in [6.07, 6.45) is 6.33. The van der Waals surface area contributed by atoms with Gasteiger partial charge in [-0.1, -0.05) is 29.5 Å². The molecule has 0 aliphatic rings. The Balaban J connectivity index is 1.66. The number of rotatable bonds is 8. The van der Waals surface area contributed by atoms with Crippen LogP contribution in [-0.4, -0.2) is 27.4 Å². The highest BCUT2D eigenvalue weighted by atomic mass is 32.1. The molecule has 2 aromatic heterocycles.